The molecule has 1 aliphatic rings. The van der Waals surface area contributed by atoms with Gasteiger partial charge in [-0.15, -0.1) is 0 Å². The Kier molecular flexibility index (Phi) is 3.82. The number of hydrogen-bond donors (Lipinski definition) is 0. The zero-order chi connectivity index (χ0) is 11.4. The molecule has 0 aromatic rings. The molecule has 1 fully saturated rings. The van der Waals surface area contributed by atoms with Crippen molar-refractivity contribution in [3.05, 3.63) is 0 Å². The van der Waals surface area contributed by atoms with E-state index in [0.717, 1.165) is 6.42 Å². The minimum atomic E-state index is -0.551. The van der Waals surface area contributed by atoms with Gasteiger partial charge < -0.3 is 9.80 Å². The van der Waals surface area contributed by atoms with Crippen LogP contribution in [0.4, 0.5) is 0 Å². The molecule has 1 saturated heterocycles. The lowest BCUT2D eigenvalue weighted by molar-refractivity contribution is -0.150. The summed E-state index contributed by atoms with van der Waals surface area (Å²) in [5.74, 6) is -1.14. The van der Waals surface area contributed by atoms with Crippen LogP contribution in [0.2, 0.25) is 0 Å². The van der Waals surface area contributed by atoms with E-state index in [1.165, 1.54) is 16.7 Å². The van der Waals surface area contributed by atoms with Crippen molar-refractivity contribution in [2.75, 3.05) is 26.2 Å². The first kappa shape index (κ1) is 11.7. The molecule has 0 aromatic carbocycles. The van der Waals surface area contributed by atoms with Crippen LogP contribution in [0, 0.1) is 0 Å². The van der Waals surface area contributed by atoms with Gasteiger partial charge >= 0.3 is 11.8 Å². The third kappa shape index (κ3) is 2.78. The fraction of sp³-hybridized carbons (Fsp3) is 0.700. The zero-order valence-electron chi connectivity index (χ0n) is 9.15. The van der Waals surface area contributed by atoms with E-state index in [1.807, 2.05) is 6.92 Å². The maximum Gasteiger partial charge on any atom is 0.312 e. The predicted molar refractivity (Wildman–Crippen MR) is 54.1 cm³/mol. The number of carbonyl (C=O) groups excluding carboxylic acids is 3. The van der Waals surface area contributed by atoms with Crippen molar-refractivity contribution in [1.82, 2.24) is 9.80 Å². The van der Waals surface area contributed by atoms with Gasteiger partial charge in [0.1, 0.15) is 5.78 Å². The molecule has 0 spiro atoms. The van der Waals surface area contributed by atoms with Gasteiger partial charge in [0.15, 0.2) is 0 Å². The van der Waals surface area contributed by atoms with Gasteiger partial charge in [0.05, 0.1) is 6.54 Å². The summed E-state index contributed by atoms with van der Waals surface area (Å²) in [4.78, 5) is 37.0. The van der Waals surface area contributed by atoms with Gasteiger partial charge in [0, 0.05) is 19.6 Å². The van der Waals surface area contributed by atoms with Crippen LogP contribution in [-0.2, 0) is 14.4 Å². The Morgan fingerprint density at radius 3 is 2.27 bits per heavy atom. The molecule has 2 amide bonds. The first-order chi connectivity index (χ1) is 7.06. The molecule has 0 aromatic heterocycles. The smallest absolute Gasteiger partial charge is 0.312 e. The largest absolute Gasteiger partial charge is 0.335 e. The van der Waals surface area contributed by atoms with Crippen molar-refractivity contribution in [2.24, 2.45) is 0 Å². The Hall–Kier alpha value is -1.39. The molecule has 5 nitrogen and oxygen atoms in total. The fourth-order valence-corrected chi connectivity index (χ4v) is 1.65. The number of ketones is 1. The predicted octanol–water partition coefficient (Wildman–Crippen LogP) is -0.344. The topological polar surface area (TPSA) is 57.7 Å². The summed E-state index contributed by atoms with van der Waals surface area (Å²) in [5, 5.41) is 0. The second-order valence-electron chi connectivity index (χ2n) is 3.67. The molecule has 0 N–H and O–H groups in total. The van der Waals surface area contributed by atoms with E-state index in [9.17, 15) is 14.4 Å². The van der Waals surface area contributed by atoms with E-state index in [4.69, 9.17) is 0 Å². The highest BCUT2D eigenvalue weighted by Crippen LogP contribution is 2.05. The summed E-state index contributed by atoms with van der Waals surface area (Å²) in [6.45, 7) is 4.92. The van der Waals surface area contributed by atoms with E-state index < -0.39 is 11.8 Å². The van der Waals surface area contributed by atoms with Crippen molar-refractivity contribution in [3.8, 4) is 0 Å². The monoisotopic (exact) mass is 212 g/mol. The van der Waals surface area contributed by atoms with Crippen LogP contribution in [-0.4, -0.2) is 53.6 Å². The Morgan fingerprint density at radius 1 is 1.20 bits per heavy atom. The van der Waals surface area contributed by atoms with E-state index in [1.54, 1.807) is 0 Å². The van der Waals surface area contributed by atoms with E-state index >= 15 is 0 Å². The molecule has 0 unspecified atom stereocenters. The lowest BCUT2D eigenvalue weighted by atomic mass is 10.3. The van der Waals surface area contributed by atoms with Gasteiger partial charge in [-0.05, 0) is 20.3 Å². The summed E-state index contributed by atoms with van der Waals surface area (Å²) in [6.07, 6.45) is 0.735. The summed E-state index contributed by atoms with van der Waals surface area (Å²) in [6, 6.07) is 0. The van der Waals surface area contributed by atoms with Gasteiger partial charge in [-0.25, -0.2) is 0 Å². The molecule has 5 heteroatoms. The normalized spacial score (nSPS) is 18.0. The standard InChI is InChI=1S/C10H16N2O3/c1-3-11-5-4-6-12(7-8(2)13)10(15)9(11)14/h3-7H2,1-2H3. The molecule has 1 rings (SSSR count). The Labute approximate surface area is 89.0 Å². The van der Waals surface area contributed by atoms with Crippen LogP contribution in [0.5, 0.6) is 0 Å². The lowest BCUT2D eigenvalue weighted by Crippen LogP contribution is -2.43. The minimum Gasteiger partial charge on any atom is -0.335 e. The molecule has 1 heterocycles. The van der Waals surface area contributed by atoms with E-state index in [2.05, 4.69) is 0 Å². The molecule has 0 atom stereocenters. The lowest BCUT2D eigenvalue weighted by Gasteiger charge is -2.18. The van der Waals surface area contributed by atoms with E-state index in [-0.39, 0.29) is 12.3 Å². The van der Waals surface area contributed by atoms with E-state index in [0.29, 0.717) is 19.6 Å². The fourth-order valence-electron chi connectivity index (χ4n) is 1.65. The van der Waals surface area contributed by atoms with Gasteiger partial charge in [0.25, 0.3) is 0 Å². The Bertz CT molecular complexity index is 288. The summed E-state index contributed by atoms with van der Waals surface area (Å²) in [7, 11) is 0. The SMILES string of the molecule is CCN1CCCN(CC(C)=O)C(=O)C1=O. The van der Waals surface area contributed by atoms with Crippen molar-refractivity contribution in [2.45, 2.75) is 20.3 Å². The van der Waals surface area contributed by atoms with Crippen molar-refractivity contribution in [1.29, 1.82) is 0 Å². The summed E-state index contributed by atoms with van der Waals surface area (Å²) >= 11 is 0. The third-order valence-corrected chi connectivity index (χ3v) is 2.41. The second-order valence-corrected chi connectivity index (χ2v) is 3.67. The maximum absolute atomic E-state index is 11.6. The first-order valence-electron chi connectivity index (χ1n) is 5.14. The molecule has 0 bridgehead atoms. The molecule has 15 heavy (non-hydrogen) atoms. The average Bonchev–Trinajstić information content (AvgIpc) is 2.30. The third-order valence-electron chi connectivity index (χ3n) is 2.41. The number of likely N-dealkylation sites (N-methyl/N-ethyl adjacent to an activating group) is 1. The first-order valence-corrected chi connectivity index (χ1v) is 5.14. The van der Waals surface area contributed by atoms with Crippen LogP contribution >= 0.6 is 0 Å². The second kappa shape index (κ2) is 4.91. The van der Waals surface area contributed by atoms with Crippen LogP contribution in [0.25, 0.3) is 0 Å². The van der Waals surface area contributed by atoms with Crippen LogP contribution in [0.1, 0.15) is 20.3 Å². The Morgan fingerprint density at radius 2 is 1.73 bits per heavy atom. The van der Waals surface area contributed by atoms with Gasteiger partial charge in [-0.1, -0.05) is 0 Å². The van der Waals surface area contributed by atoms with Gasteiger partial charge in [0.2, 0.25) is 0 Å². The van der Waals surface area contributed by atoms with Gasteiger partial charge in [-0.2, -0.15) is 0 Å². The van der Waals surface area contributed by atoms with Crippen LogP contribution in [0.15, 0.2) is 0 Å². The number of hydrogen-bond acceptors (Lipinski definition) is 3. The van der Waals surface area contributed by atoms with Crippen LogP contribution in [0.3, 0.4) is 0 Å². The quantitative estimate of drug-likeness (QED) is 0.601. The Balaban J connectivity index is 2.73. The summed E-state index contributed by atoms with van der Waals surface area (Å²) in [5.41, 5.74) is 0. The number of amides is 2. The molecule has 1 aliphatic heterocycles. The van der Waals surface area contributed by atoms with Crippen molar-refractivity contribution >= 4 is 17.6 Å². The van der Waals surface area contributed by atoms with Gasteiger partial charge in [-0.3, -0.25) is 14.4 Å². The highest BCUT2D eigenvalue weighted by Gasteiger charge is 2.29. The highest BCUT2D eigenvalue weighted by molar-refractivity contribution is 6.35. The number of nitrogens with zero attached hydrogens (tertiary/aromatic N) is 2. The number of rotatable bonds is 3. The maximum atomic E-state index is 11.6. The molecular weight excluding hydrogens is 196 g/mol. The molecular formula is C10H16N2O3. The van der Waals surface area contributed by atoms with Crippen molar-refractivity contribution < 1.29 is 14.4 Å². The molecule has 84 valence electrons. The number of carbonyl (C=O) groups is 3. The average molecular weight is 212 g/mol. The van der Waals surface area contributed by atoms with Crippen LogP contribution < -0.4 is 0 Å². The minimum absolute atomic E-state index is 0.0438. The number of Topliss-reactive ketones (excluding diaryl/α,β-unsaturated/α-hetero) is 1. The highest BCUT2D eigenvalue weighted by atomic mass is 16.2. The molecule has 0 aliphatic carbocycles. The summed E-state index contributed by atoms with van der Waals surface area (Å²) < 4.78 is 0. The molecule has 0 radical (unpaired) electrons. The van der Waals surface area contributed by atoms with Crippen molar-refractivity contribution in [3.63, 3.8) is 0 Å². The zero-order valence-corrected chi connectivity index (χ0v) is 9.15. The molecule has 0 saturated carbocycles.